The topological polar surface area (TPSA) is 63.4 Å². The summed E-state index contributed by atoms with van der Waals surface area (Å²) in [6.07, 6.45) is 3.49. The first-order chi connectivity index (χ1) is 11.1. The van der Waals surface area contributed by atoms with Crippen molar-refractivity contribution in [2.75, 3.05) is 33.4 Å². The van der Waals surface area contributed by atoms with Crippen LogP contribution in [0.4, 0.5) is 0 Å². The van der Waals surface area contributed by atoms with E-state index >= 15 is 0 Å². The number of quaternary nitrogens is 1. The van der Waals surface area contributed by atoms with Gasteiger partial charge in [0.1, 0.15) is 19.3 Å². The van der Waals surface area contributed by atoms with Gasteiger partial charge >= 0.3 is 0 Å². The van der Waals surface area contributed by atoms with Crippen LogP contribution in [0.5, 0.6) is 11.5 Å². The summed E-state index contributed by atoms with van der Waals surface area (Å²) < 4.78 is 11.1. The van der Waals surface area contributed by atoms with Gasteiger partial charge in [0.2, 0.25) is 0 Å². The number of aliphatic hydroxyl groups excluding tert-OH is 2. The Labute approximate surface area is 138 Å². The van der Waals surface area contributed by atoms with Gasteiger partial charge in [-0.2, -0.15) is 0 Å². The first-order valence-electron chi connectivity index (χ1n) is 8.64. The summed E-state index contributed by atoms with van der Waals surface area (Å²) in [7, 11) is 1.58. The normalized spacial score (nSPS) is 18.4. The molecular formula is C18H30NO4+. The molecule has 0 aromatic heterocycles. The van der Waals surface area contributed by atoms with Gasteiger partial charge in [-0.25, -0.2) is 0 Å². The third-order valence-electron chi connectivity index (χ3n) is 4.48. The van der Waals surface area contributed by atoms with Crippen LogP contribution in [0.2, 0.25) is 0 Å². The largest absolute Gasteiger partial charge is 0.493 e. The molecule has 1 aromatic rings. The van der Waals surface area contributed by atoms with E-state index in [1.807, 2.05) is 13.0 Å². The zero-order chi connectivity index (χ0) is 16.7. The molecule has 5 heteroatoms. The van der Waals surface area contributed by atoms with Gasteiger partial charge in [0.05, 0.1) is 26.3 Å². The molecule has 3 N–H and O–H groups in total. The molecule has 0 unspecified atom stereocenters. The highest BCUT2D eigenvalue weighted by atomic mass is 16.5. The zero-order valence-electron chi connectivity index (χ0n) is 14.3. The van der Waals surface area contributed by atoms with E-state index in [0.717, 1.165) is 25.2 Å². The van der Waals surface area contributed by atoms with Crippen LogP contribution in [0.15, 0.2) is 18.2 Å². The van der Waals surface area contributed by atoms with Gasteiger partial charge in [-0.05, 0) is 43.4 Å². The van der Waals surface area contributed by atoms with Gasteiger partial charge in [0, 0.05) is 0 Å². The number of piperidine rings is 1. The number of rotatable bonds is 8. The lowest BCUT2D eigenvalue weighted by atomic mass is 10.1. The molecule has 0 radical (unpaired) electrons. The van der Waals surface area contributed by atoms with Crippen molar-refractivity contribution in [3.63, 3.8) is 0 Å². The molecule has 1 aromatic carbocycles. The summed E-state index contributed by atoms with van der Waals surface area (Å²) in [6, 6.07) is 5.44. The Balaban J connectivity index is 1.88. The second-order valence-electron chi connectivity index (χ2n) is 6.31. The molecule has 0 bridgehead atoms. The molecule has 1 heterocycles. The number of nitrogens with one attached hydrogen (secondary N) is 1. The fraction of sp³-hybridized carbons (Fsp3) is 0.667. The molecule has 0 amide bonds. The van der Waals surface area contributed by atoms with Gasteiger partial charge in [0.25, 0.3) is 0 Å². The zero-order valence-corrected chi connectivity index (χ0v) is 14.3. The molecule has 23 heavy (non-hydrogen) atoms. The van der Waals surface area contributed by atoms with E-state index in [-0.39, 0.29) is 6.61 Å². The summed E-state index contributed by atoms with van der Waals surface area (Å²) in [4.78, 5) is 1.46. The number of methoxy groups -OCH3 is 1. The highest BCUT2D eigenvalue weighted by Gasteiger charge is 2.19. The summed E-state index contributed by atoms with van der Waals surface area (Å²) in [5, 5.41) is 20.1. The Morgan fingerprint density at radius 1 is 1.13 bits per heavy atom. The lowest BCUT2D eigenvalue weighted by Crippen LogP contribution is -3.14. The molecule has 1 aliphatic heterocycles. The van der Waals surface area contributed by atoms with E-state index in [4.69, 9.17) is 9.47 Å². The number of ether oxygens (including phenoxy) is 2. The molecule has 0 spiro atoms. The van der Waals surface area contributed by atoms with Crippen molar-refractivity contribution in [3.8, 4) is 11.5 Å². The molecule has 0 aliphatic carbocycles. The van der Waals surface area contributed by atoms with E-state index in [1.54, 1.807) is 19.2 Å². The first kappa shape index (κ1) is 18.0. The highest BCUT2D eigenvalue weighted by Crippen LogP contribution is 2.31. The monoisotopic (exact) mass is 324 g/mol. The van der Waals surface area contributed by atoms with Crippen molar-refractivity contribution in [1.29, 1.82) is 0 Å². The van der Waals surface area contributed by atoms with E-state index in [1.165, 1.54) is 24.2 Å². The molecule has 1 aliphatic rings. The minimum absolute atomic E-state index is 0.259. The second-order valence-corrected chi connectivity index (χ2v) is 6.31. The SMILES string of the molecule is CC[C@H](O)c1ccc(OC[C@H](O)C[NH+]2CCCCC2)c(OC)c1. The van der Waals surface area contributed by atoms with Crippen LogP contribution in [-0.4, -0.2) is 49.7 Å². The Kier molecular flexibility index (Phi) is 7.15. The average molecular weight is 324 g/mol. The number of likely N-dealkylation sites (tertiary alicyclic amines) is 1. The van der Waals surface area contributed by atoms with Crippen LogP contribution >= 0.6 is 0 Å². The highest BCUT2D eigenvalue weighted by molar-refractivity contribution is 5.43. The molecule has 2 atom stereocenters. The van der Waals surface area contributed by atoms with Crippen LogP contribution in [0.1, 0.15) is 44.3 Å². The van der Waals surface area contributed by atoms with Crippen molar-refractivity contribution in [3.05, 3.63) is 23.8 Å². The molecule has 2 rings (SSSR count). The molecular weight excluding hydrogens is 294 g/mol. The van der Waals surface area contributed by atoms with E-state index in [0.29, 0.717) is 17.9 Å². The molecule has 0 saturated carbocycles. The Bertz CT molecular complexity index is 474. The number of aliphatic hydroxyl groups is 2. The van der Waals surface area contributed by atoms with Gasteiger partial charge in [-0.3, -0.25) is 0 Å². The maximum absolute atomic E-state index is 10.2. The van der Waals surface area contributed by atoms with Crippen LogP contribution in [0.3, 0.4) is 0 Å². The lowest BCUT2D eigenvalue weighted by Gasteiger charge is -2.25. The minimum Gasteiger partial charge on any atom is -0.493 e. The maximum atomic E-state index is 10.2. The molecule has 130 valence electrons. The standard InChI is InChI=1S/C18H29NO4/c1-3-16(21)14-7-8-17(18(11-14)22-2)23-13-15(20)12-19-9-5-4-6-10-19/h7-8,11,15-16,20-21H,3-6,9-10,12-13H2,1-2H3/p+1/t15-,16+/m1/s1. The van der Waals surface area contributed by atoms with E-state index in [9.17, 15) is 10.2 Å². The van der Waals surface area contributed by atoms with Crippen molar-refractivity contribution in [2.45, 2.75) is 44.8 Å². The lowest BCUT2D eigenvalue weighted by molar-refractivity contribution is -0.908. The van der Waals surface area contributed by atoms with Crippen molar-refractivity contribution < 1.29 is 24.6 Å². The Morgan fingerprint density at radius 2 is 1.87 bits per heavy atom. The van der Waals surface area contributed by atoms with E-state index in [2.05, 4.69) is 0 Å². The van der Waals surface area contributed by atoms with Crippen LogP contribution in [0.25, 0.3) is 0 Å². The van der Waals surface area contributed by atoms with Gasteiger partial charge in [0.15, 0.2) is 11.5 Å². The Hall–Kier alpha value is -1.30. The minimum atomic E-state index is -0.494. The van der Waals surface area contributed by atoms with Crippen molar-refractivity contribution >= 4 is 0 Å². The third-order valence-corrected chi connectivity index (χ3v) is 4.48. The smallest absolute Gasteiger partial charge is 0.161 e. The molecule has 1 saturated heterocycles. The van der Waals surface area contributed by atoms with Crippen LogP contribution in [0, 0.1) is 0 Å². The van der Waals surface area contributed by atoms with Gasteiger partial charge in [-0.1, -0.05) is 13.0 Å². The first-order valence-corrected chi connectivity index (χ1v) is 8.64. The Morgan fingerprint density at radius 3 is 2.52 bits per heavy atom. The number of hydrogen-bond donors (Lipinski definition) is 3. The fourth-order valence-electron chi connectivity index (χ4n) is 3.08. The summed E-state index contributed by atoms with van der Waals surface area (Å²) >= 11 is 0. The molecule has 5 nitrogen and oxygen atoms in total. The summed E-state index contributed by atoms with van der Waals surface area (Å²) in [5.74, 6) is 1.19. The predicted octanol–water partition coefficient (Wildman–Crippen LogP) is 0.947. The van der Waals surface area contributed by atoms with Crippen molar-refractivity contribution in [1.82, 2.24) is 0 Å². The fourth-order valence-corrected chi connectivity index (χ4v) is 3.08. The predicted molar refractivity (Wildman–Crippen MR) is 89.2 cm³/mol. The van der Waals surface area contributed by atoms with Gasteiger partial charge in [-0.15, -0.1) is 0 Å². The van der Waals surface area contributed by atoms with Gasteiger partial charge < -0.3 is 24.6 Å². The summed E-state index contributed by atoms with van der Waals surface area (Å²) in [5.41, 5.74) is 0.815. The molecule has 1 fully saturated rings. The number of benzene rings is 1. The second kappa shape index (κ2) is 9.11. The average Bonchev–Trinajstić information content (AvgIpc) is 2.60. The van der Waals surface area contributed by atoms with Crippen LogP contribution in [-0.2, 0) is 0 Å². The third kappa shape index (κ3) is 5.37. The van der Waals surface area contributed by atoms with E-state index < -0.39 is 12.2 Å². The quantitative estimate of drug-likeness (QED) is 0.666. The number of hydrogen-bond acceptors (Lipinski definition) is 4. The van der Waals surface area contributed by atoms with Crippen molar-refractivity contribution in [2.24, 2.45) is 0 Å². The van der Waals surface area contributed by atoms with Crippen LogP contribution < -0.4 is 14.4 Å². The summed E-state index contributed by atoms with van der Waals surface area (Å²) in [6.45, 7) is 5.21. The maximum Gasteiger partial charge on any atom is 0.161 e.